The van der Waals surface area contributed by atoms with Gasteiger partial charge in [-0.3, -0.25) is 4.79 Å². The van der Waals surface area contributed by atoms with Gasteiger partial charge in [0.1, 0.15) is 0 Å². The molecule has 0 radical (unpaired) electrons. The first-order chi connectivity index (χ1) is 8.56. The van der Waals surface area contributed by atoms with Gasteiger partial charge in [0.2, 0.25) is 0 Å². The molecular formula is C11H10ClN3O2S. The molecule has 0 aliphatic carbocycles. The zero-order valence-electron chi connectivity index (χ0n) is 9.50. The summed E-state index contributed by atoms with van der Waals surface area (Å²) < 4.78 is 1.56. The van der Waals surface area contributed by atoms with E-state index in [1.165, 1.54) is 0 Å². The Labute approximate surface area is 113 Å². The molecule has 0 spiro atoms. The fourth-order valence-corrected chi connectivity index (χ4v) is 2.19. The third-order valence-electron chi connectivity index (χ3n) is 2.13. The van der Waals surface area contributed by atoms with Crippen LogP contribution in [0.25, 0.3) is 11.4 Å². The predicted molar refractivity (Wildman–Crippen MR) is 69.8 cm³/mol. The minimum absolute atomic E-state index is 0.0402. The molecule has 94 valence electrons. The van der Waals surface area contributed by atoms with Crippen LogP contribution in [0.1, 0.15) is 0 Å². The van der Waals surface area contributed by atoms with E-state index in [2.05, 4.69) is 10.1 Å². The SMILES string of the molecule is Cn1nc(-c2cccc(Cl)c2)nc1SCC(=O)O. The van der Waals surface area contributed by atoms with E-state index in [9.17, 15) is 4.79 Å². The van der Waals surface area contributed by atoms with E-state index < -0.39 is 5.97 Å². The van der Waals surface area contributed by atoms with Crippen molar-refractivity contribution in [3.8, 4) is 11.4 Å². The van der Waals surface area contributed by atoms with E-state index in [0.29, 0.717) is 16.0 Å². The summed E-state index contributed by atoms with van der Waals surface area (Å²) in [6.45, 7) is 0. The number of halogens is 1. The van der Waals surface area contributed by atoms with Crippen molar-refractivity contribution in [3.63, 3.8) is 0 Å². The molecule has 5 nitrogen and oxygen atoms in total. The van der Waals surface area contributed by atoms with Crippen molar-refractivity contribution in [1.82, 2.24) is 14.8 Å². The Morgan fingerprint density at radius 3 is 3.00 bits per heavy atom. The minimum Gasteiger partial charge on any atom is -0.481 e. The molecule has 0 atom stereocenters. The highest BCUT2D eigenvalue weighted by Crippen LogP contribution is 2.23. The number of carboxylic acids is 1. The van der Waals surface area contributed by atoms with Crippen molar-refractivity contribution in [2.75, 3.05) is 5.75 Å². The highest BCUT2D eigenvalue weighted by Gasteiger charge is 2.11. The number of hydrogen-bond acceptors (Lipinski definition) is 4. The maximum atomic E-state index is 10.5. The number of carboxylic acid groups (broad SMARTS) is 1. The molecule has 0 saturated heterocycles. The lowest BCUT2D eigenvalue weighted by Crippen LogP contribution is -2.00. The van der Waals surface area contributed by atoms with Gasteiger partial charge in [0, 0.05) is 17.6 Å². The van der Waals surface area contributed by atoms with Gasteiger partial charge in [0.05, 0.1) is 5.75 Å². The molecule has 0 aliphatic heterocycles. The van der Waals surface area contributed by atoms with E-state index in [1.54, 1.807) is 23.9 Å². The summed E-state index contributed by atoms with van der Waals surface area (Å²) in [4.78, 5) is 14.8. The largest absolute Gasteiger partial charge is 0.481 e. The van der Waals surface area contributed by atoms with Gasteiger partial charge in [-0.15, -0.1) is 0 Å². The van der Waals surface area contributed by atoms with Crippen molar-refractivity contribution in [1.29, 1.82) is 0 Å². The molecule has 0 aliphatic rings. The first-order valence-corrected chi connectivity index (χ1v) is 6.44. The Morgan fingerprint density at radius 2 is 2.33 bits per heavy atom. The Morgan fingerprint density at radius 1 is 1.56 bits per heavy atom. The minimum atomic E-state index is -0.882. The maximum Gasteiger partial charge on any atom is 0.313 e. The van der Waals surface area contributed by atoms with Crippen molar-refractivity contribution in [2.24, 2.45) is 7.05 Å². The smallest absolute Gasteiger partial charge is 0.313 e. The van der Waals surface area contributed by atoms with E-state index in [0.717, 1.165) is 17.3 Å². The van der Waals surface area contributed by atoms with Gasteiger partial charge < -0.3 is 5.11 Å². The van der Waals surface area contributed by atoms with Gasteiger partial charge in [-0.25, -0.2) is 9.67 Å². The van der Waals surface area contributed by atoms with Crippen LogP contribution in [-0.2, 0) is 11.8 Å². The van der Waals surface area contributed by atoms with Gasteiger partial charge in [-0.05, 0) is 12.1 Å². The second-order valence-corrected chi connectivity index (χ2v) is 4.91. The first-order valence-electron chi connectivity index (χ1n) is 5.08. The lowest BCUT2D eigenvalue weighted by molar-refractivity contribution is -0.133. The van der Waals surface area contributed by atoms with E-state index in [1.807, 2.05) is 12.1 Å². The normalized spacial score (nSPS) is 10.6. The van der Waals surface area contributed by atoms with Gasteiger partial charge in [-0.1, -0.05) is 35.5 Å². The van der Waals surface area contributed by atoms with Gasteiger partial charge >= 0.3 is 5.97 Å². The number of rotatable bonds is 4. The number of nitrogens with zero attached hydrogens (tertiary/aromatic N) is 3. The van der Waals surface area contributed by atoms with Crippen LogP contribution in [0.3, 0.4) is 0 Å². The number of thioether (sulfide) groups is 1. The quantitative estimate of drug-likeness (QED) is 0.872. The topological polar surface area (TPSA) is 68.0 Å². The lowest BCUT2D eigenvalue weighted by atomic mass is 10.2. The standard InChI is InChI=1S/C11H10ClN3O2S/c1-15-11(18-6-9(16)17)13-10(14-15)7-3-2-4-8(12)5-7/h2-5H,6H2,1H3,(H,16,17). The van der Waals surface area contributed by atoms with Crippen LogP contribution in [0, 0.1) is 0 Å². The van der Waals surface area contributed by atoms with Crippen LogP contribution >= 0.6 is 23.4 Å². The zero-order valence-corrected chi connectivity index (χ0v) is 11.1. The highest BCUT2D eigenvalue weighted by molar-refractivity contribution is 7.99. The number of benzene rings is 1. The molecule has 0 amide bonds. The summed E-state index contributed by atoms with van der Waals surface area (Å²) in [6, 6.07) is 7.21. The molecule has 1 heterocycles. The Balaban J connectivity index is 2.25. The number of hydrogen-bond donors (Lipinski definition) is 1. The van der Waals surface area contributed by atoms with Gasteiger partial charge in [0.15, 0.2) is 11.0 Å². The molecular weight excluding hydrogens is 274 g/mol. The van der Waals surface area contributed by atoms with Crippen LogP contribution in [-0.4, -0.2) is 31.6 Å². The summed E-state index contributed by atoms with van der Waals surface area (Å²) in [6.07, 6.45) is 0. The molecule has 0 bridgehead atoms. The summed E-state index contributed by atoms with van der Waals surface area (Å²) in [5.74, 6) is -0.387. The molecule has 0 unspecified atom stereocenters. The molecule has 1 aromatic carbocycles. The van der Waals surface area contributed by atoms with E-state index >= 15 is 0 Å². The Bertz CT molecular complexity index is 585. The van der Waals surface area contributed by atoms with Crippen LogP contribution in [0.5, 0.6) is 0 Å². The second-order valence-electron chi connectivity index (χ2n) is 3.53. The number of aliphatic carboxylic acids is 1. The average Bonchev–Trinajstić information content (AvgIpc) is 2.68. The number of carbonyl (C=O) groups is 1. The summed E-state index contributed by atoms with van der Waals surface area (Å²) in [5, 5.41) is 14.0. The predicted octanol–water partition coefficient (Wildman–Crippen LogP) is 2.31. The Kier molecular flexibility index (Phi) is 3.88. The summed E-state index contributed by atoms with van der Waals surface area (Å²) >= 11 is 7.03. The average molecular weight is 284 g/mol. The number of aryl methyl sites for hydroxylation is 1. The summed E-state index contributed by atoms with van der Waals surface area (Å²) in [5.41, 5.74) is 0.806. The molecule has 0 fully saturated rings. The van der Waals surface area contributed by atoms with Crippen molar-refractivity contribution in [2.45, 2.75) is 5.16 Å². The third-order valence-corrected chi connectivity index (χ3v) is 3.37. The maximum absolute atomic E-state index is 10.5. The van der Waals surface area contributed by atoms with Crippen molar-refractivity contribution >= 4 is 29.3 Å². The van der Waals surface area contributed by atoms with Crippen LogP contribution in [0.15, 0.2) is 29.4 Å². The monoisotopic (exact) mass is 283 g/mol. The molecule has 18 heavy (non-hydrogen) atoms. The second kappa shape index (κ2) is 5.41. The Hall–Kier alpha value is -1.53. The van der Waals surface area contributed by atoms with Crippen LogP contribution in [0.4, 0.5) is 0 Å². The van der Waals surface area contributed by atoms with E-state index in [-0.39, 0.29) is 5.75 Å². The zero-order chi connectivity index (χ0) is 13.1. The van der Waals surface area contributed by atoms with Crippen LogP contribution in [0.2, 0.25) is 5.02 Å². The fraction of sp³-hybridized carbons (Fsp3) is 0.182. The summed E-state index contributed by atoms with van der Waals surface area (Å²) in [7, 11) is 1.73. The fourth-order valence-electron chi connectivity index (χ4n) is 1.37. The van der Waals surface area contributed by atoms with Crippen LogP contribution < -0.4 is 0 Å². The van der Waals surface area contributed by atoms with Gasteiger partial charge in [-0.2, -0.15) is 5.10 Å². The third kappa shape index (κ3) is 3.02. The lowest BCUT2D eigenvalue weighted by Gasteiger charge is -1.94. The van der Waals surface area contributed by atoms with E-state index in [4.69, 9.17) is 16.7 Å². The molecule has 2 aromatic rings. The molecule has 1 N–H and O–H groups in total. The van der Waals surface area contributed by atoms with Crippen molar-refractivity contribution in [3.05, 3.63) is 29.3 Å². The molecule has 7 heteroatoms. The van der Waals surface area contributed by atoms with Gasteiger partial charge in [0.25, 0.3) is 0 Å². The van der Waals surface area contributed by atoms with Crippen molar-refractivity contribution < 1.29 is 9.90 Å². The molecule has 0 saturated carbocycles. The highest BCUT2D eigenvalue weighted by atomic mass is 35.5. The first kappa shape index (κ1) is 12.9. The number of aromatic nitrogens is 3. The molecule has 2 rings (SSSR count). The molecule has 1 aromatic heterocycles.